The maximum absolute atomic E-state index is 5.57. The van der Waals surface area contributed by atoms with Gasteiger partial charge >= 0.3 is 0 Å². The minimum atomic E-state index is -1.22. The first kappa shape index (κ1) is 9.11. The molecule has 0 aliphatic rings. The lowest BCUT2D eigenvalue weighted by Gasteiger charge is -2.08. The van der Waals surface area contributed by atoms with Gasteiger partial charge in [-0.2, -0.15) is 0 Å². The fourth-order valence-electron chi connectivity index (χ4n) is 0.734. The molecule has 0 unspecified atom stereocenters. The molecule has 60 valence electrons. The highest BCUT2D eigenvalue weighted by Crippen LogP contribution is 2.29. The van der Waals surface area contributed by atoms with Crippen LogP contribution in [0.15, 0.2) is 24.5 Å². The van der Waals surface area contributed by atoms with E-state index < -0.39 is 3.79 Å². The maximum atomic E-state index is 5.57. The largest absolute Gasteiger partial charge is 0.264 e. The van der Waals surface area contributed by atoms with Crippen molar-refractivity contribution < 1.29 is 0 Å². The van der Waals surface area contributed by atoms with Crippen molar-refractivity contribution in [2.45, 2.75) is 10.2 Å². The van der Waals surface area contributed by atoms with Gasteiger partial charge in [0.05, 0.1) is 0 Å². The molecule has 0 aliphatic heterocycles. The van der Waals surface area contributed by atoms with Crippen LogP contribution in [0.3, 0.4) is 0 Å². The van der Waals surface area contributed by atoms with Gasteiger partial charge < -0.3 is 0 Å². The van der Waals surface area contributed by atoms with Crippen LogP contribution in [0.2, 0.25) is 0 Å². The topological polar surface area (TPSA) is 12.9 Å². The van der Waals surface area contributed by atoms with Gasteiger partial charge in [0.15, 0.2) is 3.79 Å². The molecule has 0 N–H and O–H groups in total. The fraction of sp³-hybridized carbons (Fsp3) is 0.286. The first-order valence-corrected chi connectivity index (χ1v) is 4.17. The van der Waals surface area contributed by atoms with Gasteiger partial charge in [0, 0.05) is 18.8 Å². The van der Waals surface area contributed by atoms with Crippen molar-refractivity contribution in [1.29, 1.82) is 0 Å². The van der Waals surface area contributed by atoms with E-state index in [4.69, 9.17) is 34.8 Å². The summed E-state index contributed by atoms with van der Waals surface area (Å²) >= 11 is 16.7. The summed E-state index contributed by atoms with van der Waals surface area (Å²) in [5, 5.41) is 0. The summed E-state index contributed by atoms with van der Waals surface area (Å²) in [7, 11) is 0. The molecule has 11 heavy (non-hydrogen) atoms. The molecule has 0 radical (unpaired) electrons. The van der Waals surface area contributed by atoms with Gasteiger partial charge in [-0.05, 0) is 11.6 Å². The van der Waals surface area contributed by atoms with Crippen molar-refractivity contribution in [3.8, 4) is 0 Å². The Labute approximate surface area is 80.3 Å². The number of hydrogen-bond acceptors (Lipinski definition) is 1. The SMILES string of the molecule is ClC(Cl)(Cl)Cc1cccnc1. The van der Waals surface area contributed by atoms with E-state index in [2.05, 4.69) is 4.98 Å². The summed E-state index contributed by atoms with van der Waals surface area (Å²) in [6.07, 6.45) is 3.76. The van der Waals surface area contributed by atoms with Gasteiger partial charge in [0.1, 0.15) is 0 Å². The molecule has 1 aromatic heterocycles. The quantitative estimate of drug-likeness (QED) is 0.650. The van der Waals surface area contributed by atoms with E-state index in [9.17, 15) is 0 Å². The monoisotopic (exact) mass is 209 g/mol. The molecule has 1 heterocycles. The molecule has 0 atom stereocenters. The van der Waals surface area contributed by atoms with E-state index in [1.165, 1.54) is 0 Å². The second-order valence-electron chi connectivity index (χ2n) is 2.15. The average molecular weight is 210 g/mol. The Morgan fingerprint density at radius 3 is 2.55 bits per heavy atom. The van der Waals surface area contributed by atoms with Crippen LogP contribution >= 0.6 is 34.8 Å². The fourth-order valence-corrected chi connectivity index (χ4v) is 1.20. The van der Waals surface area contributed by atoms with E-state index in [1.54, 1.807) is 12.4 Å². The summed E-state index contributed by atoms with van der Waals surface area (Å²) < 4.78 is -1.22. The Hall–Kier alpha value is 0.0200. The third kappa shape index (κ3) is 3.80. The van der Waals surface area contributed by atoms with Crippen LogP contribution < -0.4 is 0 Å². The normalized spacial score (nSPS) is 11.5. The van der Waals surface area contributed by atoms with E-state index in [-0.39, 0.29) is 0 Å². The molecule has 1 aromatic rings. The van der Waals surface area contributed by atoms with E-state index in [1.807, 2.05) is 12.1 Å². The molecule has 0 spiro atoms. The van der Waals surface area contributed by atoms with Crippen molar-refractivity contribution >= 4 is 34.8 Å². The van der Waals surface area contributed by atoms with Crippen LogP contribution in [0.1, 0.15) is 5.56 Å². The van der Waals surface area contributed by atoms with Gasteiger partial charge in [-0.1, -0.05) is 40.9 Å². The Balaban J connectivity index is 2.66. The lowest BCUT2D eigenvalue weighted by atomic mass is 10.2. The number of aromatic nitrogens is 1. The minimum absolute atomic E-state index is 0.394. The second-order valence-corrected chi connectivity index (χ2v) is 4.67. The van der Waals surface area contributed by atoms with Crippen molar-refractivity contribution in [2.75, 3.05) is 0 Å². The predicted molar refractivity (Wildman–Crippen MR) is 48.2 cm³/mol. The summed E-state index contributed by atoms with van der Waals surface area (Å²) in [6, 6.07) is 3.68. The Morgan fingerprint density at radius 2 is 2.09 bits per heavy atom. The Morgan fingerprint density at radius 1 is 1.36 bits per heavy atom. The summed E-state index contributed by atoms with van der Waals surface area (Å²) in [5.41, 5.74) is 0.924. The van der Waals surface area contributed by atoms with Gasteiger partial charge in [-0.3, -0.25) is 4.98 Å². The maximum Gasteiger partial charge on any atom is 0.194 e. The molecular formula is C7H6Cl3N. The first-order valence-electron chi connectivity index (χ1n) is 3.03. The molecule has 1 rings (SSSR count). The number of alkyl halides is 3. The molecule has 1 nitrogen and oxygen atoms in total. The molecule has 0 saturated heterocycles. The molecule has 4 heteroatoms. The van der Waals surface area contributed by atoms with Crippen LogP contribution in [0.4, 0.5) is 0 Å². The minimum Gasteiger partial charge on any atom is -0.264 e. The average Bonchev–Trinajstić information content (AvgIpc) is 1.85. The summed E-state index contributed by atoms with van der Waals surface area (Å²) in [5.74, 6) is 0. The van der Waals surface area contributed by atoms with E-state index in [0.29, 0.717) is 6.42 Å². The molecule has 0 amide bonds. The van der Waals surface area contributed by atoms with E-state index >= 15 is 0 Å². The van der Waals surface area contributed by atoms with Crippen LogP contribution in [-0.4, -0.2) is 8.78 Å². The van der Waals surface area contributed by atoms with Gasteiger partial charge in [0.2, 0.25) is 0 Å². The zero-order valence-electron chi connectivity index (χ0n) is 5.60. The second kappa shape index (κ2) is 3.61. The summed E-state index contributed by atoms with van der Waals surface area (Å²) in [4.78, 5) is 3.89. The number of pyridine rings is 1. The third-order valence-electron chi connectivity index (χ3n) is 1.13. The standard InChI is InChI=1S/C7H6Cl3N/c8-7(9,10)4-6-2-1-3-11-5-6/h1-3,5H,4H2. The van der Waals surface area contributed by atoms with Gasteiger partial charge in [-0.25, -0.2) is 0 Å². The number of nitrogens with zero attached hydrogens (tertiary/aromatic N) is 1. The van der Waals surface area contributed by atoms with Gasteiger partial charge in [-0.15, -0.1) is 0 Å². The Bertz CT molecular complexity index is 217. The lowest BCUT2D eigenvalue weighted by molar-refractivity contribution is 1.00. The van der Waals surface area contributed by atoms with Crippen LogP contribution in [0.25, 0.3) is 0 Å². The van der Waals surface area contributed by atoms with Gasteiger partial charge in [0.25, 0.3) is 0 Å². The Kier molecular flexibility index (Phi) is 2.99. The van der Waals surface area contributed by atoms with Crippen molar-refractivity contribution in [3.05, 3.63) is 30.1 Å². The van der Waals surface area contributed by atoms with Crippen molar-refractivity contribution in [1.82, 2.24) is 4.98 Å². The number of hydrogen-bond donors (Lipinski definition) is 0. The zero-order chi connectivity index (χ0) is 8.32. The molecule has 0 fully saturated rings. The van der Waals surface area contributed by atoms with Crippen molar-refractivity contribution in [2.24, 2.45) is 0 Å². The lowest BCUT2D eigenvalue weighted by Crippen LogP contribution is -2.06. The first-order chi connectivity index (χ1) is 5.08. The highest BCUT2D eigenvalue weighted by atomic mass is 35.6. The highest BCUT2D eigenvalue weighted by molar-refractivity contribution is 6.67. The molecule has 0 aliphatic carbocycles. The predicted octanol–water partition coefficient (Wildman–Crippen LogP) is 2.99. The smallest absolute Gasteiger partial charge is 0.194 e. The zero-order valence-corrected chi connectivity index (χ0v) is 7.87. The molecule has 0 saturated carbocycles. The molecule has 0 aromatic carbocycles. The molecule has 0 bridgehead atoms. The number of halogens is 3. The van der Waals surface area contributed by atoms with Crippen LogP contribution in [0, 0.1) is 0 Å². The third-order valence-corrected chi connectivity index (χ3v) is 1.53. The highest BCUT2D eigenvalue weighted by Gasteiger charge is 2.19. The van der Waals surface area contributed by atoms with E-state index in [0.717, 1.165) is 5.56 Å². The number of rotatable bonds is 1. The van der Waals surface area contributed by atoms with Crippen LogP contribution in [-0.2, 0) is 6.42 Å². The molecular weight excluding hydrogens is 204 g/mol. The van der Waals surface area contributed by atoms with Crippen molar-refractivity contribution in [3.63, 3.8) is 0 Å². The summed E-state index contributed by atoms with van der Waals surface area (Å²) in [6.45, 7) is 0. The van der Waals surface area contributed by atoms with Crippen LogP contribution in [0.5, 0.6) is 0 Å².